The molecule has 3 heteroatoms. The first-order valence-corrected chi connectivity index (χ1v) is 8.22. The van der Waals surface area contributed by atoms with Gasteiger partial charge in [0.25, 0.3) is 0 Å². The zero-order valence-corrected chi connectivity index (χ0v) is 13.3. The van der Waals surface area contributed by atoms with Crippen molar-refractivity contribution in [2.75, 3.05) is 13.1 Å². The molecule has 2 rings (SSSR count). The molecule has 1 aliphatic rings. The summed E-state index contributed by atoms with van der Waals surface area (Å²) in [5.41, 5.74) is 7.40. The van der Waals surface area contributed by atoms with Crippen molar-refractivity contribution in [3.63, 3.8) is 0 Å². The summed E-state index contributed by atoms with van der Waals surface area (Å²) in [4.78, 5) is 14.3. The summed E-state index contributed by atoms with van der Waals surface area (Å²) in [6, 6.07) is 10.7. The molecule has 116 valence electrons. The Balaban J connectivity index is 2.10. The van der Waals surface area contributed by atoms with Gasteiger partial charge in [-0.25, -0.2) is 0 Å². The molecule has 1 aromatic rings. The Kier molecular flexibility index (Phi) is 5.40. The molecule has 0 atom stereocenters. The van der Waals surface area contributed by atoms with Crippen LogP contribution >= 0.6 is 0 Å². The topological polar surface area (TPSA) is 46.3 Å². The highest BCUT2D eigenvalue weighted by Gasteiger charge is 2.40. The van der Waals surface area contributed by atoms with Crippen LogP contribution in [0.2, 0.25) is 0 Å². The van der Waals surface area contributed by atoms with Crippen LogP contribution in [0, 0.1) is 0 Å². The second kappa shape index (κ2) is 7.08. The van der Waals surface area contributed by atoms with Crippen LogP contribution in [0.4, 0.5) is 0 Å². The van der Waals surface area contributed by atoms with E-state index in [2.05, 4.69) is 37.3 Å². The van der Waals surface area contributed by atoms with Crippen molar-refractivity contribution in [2.24, 2.45) is 5.73 Å². The van der Waals surface area contributed by atoms with Gasteiger partial charge in [-0.15, -0.1) is 0 Å². The van der Waals surface area contributed by atoms with Gasteiger partial charge in [0.1, 0.15) is 0 Å². The van der Waals surface area contributed by atoms with Crippen LogP contribution in [-0.4, -0.2) is 29.4 Å². The van der Waals surface area contributed by atoms with Crippen LogP contribution in [0.3, 0.4) is 0 Å². The minimum atomic E-state index is -0.118. The summed E-state index contributed by atoms with van der Waals surface area (Å²) in [6.07, 6.45) is 4.84. The minimum Gasteiger partial charge on any atom is -0.336 e. The Morgan fingerprint density at radius 1 is 1.24 bits per heavy atom. The number of hydrogen-bond acceptors (Lipinski definition) is 2. The van der Waals surface area contributed by atoms with Gasteiger partial charge in [-0.2, -0.15) is 0 Å². The third-order valence-electron chi connectivity index (χ3n) is 5.06. The number of hydrogen-bond donors (Lipinski definition) is 1. The van der Waals surface area contributed by atoms with E-state index < -0.39 is 0 Å². The normalized spacial score (nSPS) is 25.6. The largest absolute Gasteiger partial charge is 0.336 e. The Morgan fingerprint density at radius 2 is 1.86 bits per heavy atom. The quantitative estimate of drug-likeness (QED) is 0.903. The van der Waals surface area contributed by atoms with Crippen LogP contribution in [0.25, 0.3) is 0 Å². The van der Waals surface area contributed by atoms with Gasteiger partial charge < -0.3 is 10.6 Å². The number of benzene rings is 1. The predicted octanol–water partition coefficient (Wildman–Crippen LogP) is 3.30. The van der Waals surface area contributed by atoms with E-state index in [1.807, 2.05) is 11.8 Å². The molecule has 0 radical (unpaired) electrons. The van der Waals surface area contributed by atoms with Crippen molar-refractivity contribution in [2.45, 2.75) is 57.4 Å². The maximum Gasteiger partial charge on any atom is 0.222 e. The fourth-order valence-corrected chi connectivity index (χ4v) is 3.77. The van der Waals surface area contributed by atoms with Gasteiger partial charge >= 0.3 is 0 Å². The molecule has 1 saturated carbocycles. The van der Waals surface area contributed by atoms with Gasteiger partial charge in [-0.1, -0.05) is 37.3 Å². The second-order valence-corrected chi connectivity index (χ2v) is 6.10. The zero-order chi connectivity index (χ0) is 15.3. The Morgan fingerprint density at radius 3 is 2.33 bits per heavy atom. The lowest BCUT2D eigenvalue weighted by atomic mass is 9.73. The summed E-state index contributed by atoms with van der Waals surface area (Å²) in [7, 11) is 0. The molecule has 1 amide bonds. The van der Waals surface area contributed by atoms with E-state index in [-0.39, 0.29) is 11.4 Å². The summed E-state index contributed by atoms with van der Waals surface area (Å²) in [5.74, 6) is 0.849. The number of carbonyl (C=O) groups excluding carboxylic acids is 1. The lowest BCUT2D eigenvalue weighted by Crippen LogP contribution is -2.57. The first-order valence-electron chi connectivity index (χ1n) is 8.22. The molecule has 0 aliphatic heterocycles. The average molecular weight is 288 g/mol. The Labute approximate surface area is 128 Å². The zero-order valence-electron chi connectivity index (χ0n) is 13.3. The number of carbonyl (C=O) groups is 1. The molecule has 21 heavy (non-hydrogen) atoms. The highest BCUT2D eigenvalue weighted by Crippen LogP contribution is 2.40. The SMILES string of the molecule is CCC(=O)N(CC)C1(CN)CCC(c2ccccc2)CC1. The smallest absolute Gasteiger partial charge is 0.222 e. The lowest BCUT2D eigenvalue weighted by Gasteiger charge is -2.47. The summed E-state index contributed by atoms with van der Waals surface area (Å²) in [6.45, 7) is 5.34. The van der Waals surface area contributed by atoms with Crippen molar-refractivity contribution in [3.05, 3.63) is 35.9 Å². The molecule has 0 aromatic heterocycles. The van der Waals surface area contributed by atoms with E-state index in [0.29, 0.717) is 18.9 Å². The monoisotopic (exact) mass is 288 g/mol. The van der Waals surface area contributed by atoms with Gasteiger partial charge in [-0.3, -0.25) is 4.79 Å². The van der Waals surface area contributed by atoms with Gasteiger partial charge in [0.15, 0.2) is 0 Å². The van der Waals surface area contributed by atoms with Crippen LogP contribution in [-0.2, 0) is 4.79 Å². The molecule has 1 fully saturated rings. The van der Waals surface area contributed by atoms with Crippen LogP contribution in [0.5, 0.6) is 0 Å². The molecule has 0 unspecified atom stereocenters. The molecule has 2 N–H and O–H groups in total. The first-order chi connectivity index (χ1) is 10.2. The van der Waals surface area contributed by atoms with Crippen LogP contribution < -0.4 is 5.73 Å². The van der Waals surface area contributed by atoms with Gasteiger partial charge in [0.2, 0.25) is 5.91 Å². The summed E-state index contributed by atoms with van der Waals surface area (Å²) < 4.78 is 0. The fourth-order valence-electron chi connectivity index (χ4n) is 3.77. The molecular weight excluding hydrogens is 260 g/mol. The van der Waals surface area contributed by atoms with E-state index in [4.69, 9.17) is 5.73 Å². The van der Waals surface area contributed by atoms with Crippen LogP contribution in [0.1, 0.15) is 57.4 Å². The molecule has 0 saturated heterocycles. The molecule has 1 aliphatic carbocycles. The third-order valence-corrected chi connectivity index (χ3v) is 5.06. The molecule has 0 spiro atoms. The molecule has 0 bridgehead atoms. The minimum absolute atomic E-state index is 0.118. The predicted molar refractivity (Wildman–Crippen MR) is 87.1 cm³/mol. The van der Waals surface area contributed by atoms with Gasteiger partial charge in [0.05, 0.1) is 5.54 Å². The van der Waals surface area contributed by atoms with Crippen molar-refractivity contribution in [3.8, 4) is 0 Å². The van der Waals surface area contributed by atoms with Crippen LogP contribution in [0.15, 0.2) is 30.3 Å². The van der Waals surface area contributed by atoms with E-state index in [9.17, 15) is 4.79 Å². The number of likely N-dealkylation sites (N-methyl/N-ethyl adjacent to an activating group) is 1. The molecular formula is C18H28N2O. The number of nitrogens with two attached hydrogens (primary N) is 1. The lowest BCUT2D eigenvalue weighted by molar-refractivity contribution is -0.138. The Bertz CT molecular complexity index is 450. The third kappa shape index (κ3) is 3.29. The maximum absolute atomic E-state index is 12.2. The fraction of sp³-hybridized carbons (Fsp3) is 0.611. The number of amides is 1. The van der Waals surface area contributed by atoms with Crippen molar-refractivity contribution >= 4 is 5.91 Å². The van der Waals surface area contributed by atoms with E-state index in [1.54, 1.807) is 0 Å². The van der Waals surface area contributed by atoms with Crippen molar-refractivity contribution in [1.82, 2.24) is 4.90 Å². The maximum atomic E-state index is 12.2. The summed E-state index contributed by atoms with van der Waals surface area (Å²) in [5, 5.41) is 0. The van der Waals surface area contributed by atoms with Gasteiger partial charge in [-0.05, 0) is 44.1 Å². The average Bonchev–Trinajstić information content (AvgIpc) is 2.56. The Hall–Kier alpha value is -1.35. The first kappa shape index (κ1) is 16.0. The van der Waals surface area contributed by atoms with Crippen molar-refractivity contribution in [1.29, 1.82) is 0 Å². The highest BCUT2D eigenvalue weighted by molar-refractivity contribution is 5.76. The van der Waals surface area contributed by atoms with E-state index >= 15 is 0 Å². The number of rotatable bonds is 5. The van der Waals surface area contributed by atoms with Gasteiger partial charge in [0, 0.05) is 19.5 Å². The molecule has 1 aromatic carbocycles. The molecule has 0 heterocycles. The van der Waals surface area contributed by atoms with E-state index in [0.717, 1.165) is 32.2 Å². The second-order valence-electron chi connectivity index (χ2n) is 6.10. The summed E-state index contributed by atoms with van der Waals surface area (Å²) >= 11 is 0. The number of nitrogens with zero attached hydrogens (tertiary/aromatic N) is 1. The van der Waals surface area contributed by atoms with Crippen molar-refractivity contribution < 1.29 is 4.79 Å². The standard InChI is InChI=1S/C18H28N2O/c1-3-17(21)20(4-2)18(14-19)12-10-16(11-13-18)15-8-6-5-7-9-15/h5-9,16H,3-4,10-14,19H2,1-2H3. The molecule has 3 nitrogen and oxygen atoms in total. The van der Waals surface area contributed by atoms with E-state index in [1.165, 1.54) is 5.56 Å². The highest BCUT2D eigenvalue weighted by atomic mass is 16.2.